The summed E-state index contributed by atoms with van der Waals surface area (Å²) in [5.74, 6) is -2.54. The van der Waals surface area contributed by atoms with Gasteiger partial charge in [0.25, 0.3) is 5.91 Å². The van der Waals surface area contributed by atoms with Crippen molar-refractivity contribution in [1.82, 2.24) is 15.0 Å². The molecule has 4 atom stereocenters. The van der Waals surface area contributed by atoms with E-state index in [1.54, 1.807) is 11.0 Å². The fourth-order valence-electron chi connectivity index (χ4n) is 3.97. The van der Waals surface area contributed by atoms with Gasteiger partial charge in [-0.25, -0.2) is 28.2 Å². The zero-order valence-electron chi connectivity index (χ0n) is 16.7. The molecule has 3 heterocycles. The highest BCUT2D eigenvalue weighted by atomic mass is 32.2. The SMILES string of the molecule is C[S@](=O)c1cc(N2CC[C@@H](C(=O)N3OCCC3c3cc(F)cc(F)c3)[C@@H](F)C2)ncn1. The van der Waals surface area contributed by atoms with E-state index in [1.807, 2.05) is 0 Å². The van der Waals surface area contributed by atoms with Crippen LogP contribution in [-0.4, -0.2) is 57.3 Å². The fraction of sp³-hybridized carbons (Fsp3) is 0.450. The summed E-state index contributed by atoms with van der Waals surface area (Å²) in [5.41, 5.74) is 0.275. The van der Waals surface area contributed by atoms with E-state index in [2.05, 4.69) is 9.97 Å². The van der Waals surface area contributed by atoms with Gasteiger partial charge in [-0.2, -0.15) is 0 Å². The standard InChI is InChI=1S/C20H21F3N4O3S/c1-31(29)19-9-18(24-11-25-19)26-4-2-15(16(23)10-26)20(28)27-17(3-5-30-27)12-6-13(21)8-14(22)7-12/h6-9,11,15-17H,2-5,10H2,1H3/t15-,16+,17?,31+/m1/s1. The first-order valence-electron chi connectivity index (χ1n) is 9.80. The number of nitrogens with zero attached hydrogens (tertiary/aromatic N) is 4. The minimum Gasteiger partial charge on any atom is -0.354 e. The third-order valence-electron chi connectivity index (χ3n) is 5.50. The lowest BCUT2D eigenvalue weighted by Crippen LogP contribution is -2.49. The molecule has 0 radical (unpaired) electrons. The molecule has 11 heteroatoms. The highest BCUT2D eigenvalue weighted by molar-refractivity contribution is 7.84. The Kier molecular flexibility index (Phi) is 6.24. The lowest BCUT2D eigenvalue weighted by atomic mass is 9.93. The van der Waals surface area contributed by atoms with E-state index in [0.29, 0.717) is 23.8 Å². The van der Waals surface area contributed by atoms with Crippen molar-refractivity contribution >= 4 is 22.5 Å². The smallest absolute Gasteiger partial charge is 0.252 e. The summed E-state index contributed by atoms with van der Waals surface area (Å²) in [6.07, 6.45) is 1.84. The average Bonchev–Trinajstić information content (AvgIpc) is 3.22. The van der Waals surface area contributed by atoms with E-state index < -0.39 is 46.5 Å². The lowest BCUT2D eigenvalue weighted by molar-refractivity contribution is -0.184. The number of halogens is 3. The highest BCUT2D eigenvalue weighted by Gasteiger charge is 2.42. The number of hydrogen-bond acceptors (Lipinski definition) is 6. The number of piperidine rings is 1. The molecule has 1 aromatic carbocycles. The summed E-state index contributed by atoms with van der Waals surface area (Å²) in [6, 6.07) is 3.94. The Balaban J connectivity index is 1.47. The number of amides is 1. The molecule has 0 spiro atoms. The Labute approximate surface area is 179 Å². The predicted octanol–water partition coefficient (Wildman–Crippen LogP) is 2.56. The Morgan fingerprint density at radius 2 is 1.90 bits per heavy atom. The number of rotatable bonds is 4. The minimum atomic E-state index is -1.50. The number of benzene rings is 1. The molecule has 2 aliphatic rings. The Morgan fingerprint density at radius 1 is 1.16 bits per heavy atom. The molecule has 2 saturated heterocycles. The molecule has 0 saturated carbocycles. The van der Waals surface area contributed by atoms with E-state index >= 15 is 4.39 Å². The Hall–Kier alpha value is -2.53. The number of aromatic nitrogens is 2. The van der Waals surface area contributed by atoms with Crippen LogP contribution in [0.1, 0.15) is 24.4 Å². The van der Waals surface area contributed by atoms with Gasteiger partial charge in [0.05, 0.1) is 35.9 Å². The maximum atomic E-state index is 15.0. The molecular formula is C20H21F3N4O3S. The van der Waals surface area contributed by atoms with E-state index in [-0.39, 0.29) is 25.1 Å². The maximum Gasteiger partial charge on any atom is 0.252 e. The summed E-state index contributed by atoms with van der Waals surface area (Å²) in [5, 5.41) is 1.40. The second-order valence-electron chi connectivity index (χ2n) is 7.53. The van der Waals surface area contributed by atoms with Crippen LogP contribution in [0.2, 0.25) is 0 Å². The van der Waals surface area contributed by atoms with Crippen LogP contribution in [-0.2, 0) is 20.4 Å². The van der Waals surface area contributed by atoms with Gasteiger partial charge in [-0.3, -0.25) is 13.8 Å². The zero-order valence-corrected chi connectivity index (χ0v) is 17.5. The van der Waals surface area contributed by atoms with Gasteiger partial charge in [0.1, 0.15) is 35.0 Å². The van der Waals surface area contributed by atoms with Crippen molar-refractivity contribution in [1.29, 1.82) is 0 Å². The van der Waals surface area contributed by atoms with Crippen LogP contribution in [0, 0.1) is 17.6 Å². The highest BCUT2D eigenvalue weighted by Crippen LogP contribution is 2.35. The molecular weight excluding hydrogens is 433 g/mol. The second kappa shape index (κ2) is 8.91. The summed E-state index contributed by atoms with van der Waals surface area (Å²) in [6.45, 7) is 0.481. The van der Waals surface area contributed by atoms with Gasteiger partial charge < -0.3 is 4.90 Å². The number of carbonyl (C=O) groups excluding carboxylic acids is 1. The van der Waals surface area contributed by atoms with E-state index in [9.17, 15) is 17.8 Å². The van der Waals surface area contributed by atoms with Crippen molar-refractivity contribution in [3.63, 3.8) is 0 Å². The van der Waals surface area contributed by atoms with Crippen LogP contribution in [0.5, 0.6) is 0 Å². The van der Waals surface area contributed by atoms with Gasteiger partial charge in [-0.15, -0.1) is 0 Å². The Morgan fingerprint density at radius 3 is 2.58 bits per heavy atom. The molecule has 2 fully saturated rings. The molecule has 7 nitrogen and oxygen atoms in total. The van der Waals surface area contributed by atoms with Crippen LogP contribution in [0.15, 0.2) is 35.6 Å². The molecule has 166 valence electrons. The van der Waals surface area contributed by atoms with Crippen LogP contribution in [0.25, 0.3) is 0 Å². The molecule has 0 N–H and O–H groups in total. The summed E-state index contributed by atoms with van der Waals surface area (Å²) >= 11 is 0. The van der Waals surface area contributed by atoms with Crippen LogP contribution in [0.4, 0.5) is 19.0 Å². The van der Waals surface area contributed by atoms with Crippen LogP contribution >= 0.6 is 0 Å². The predicted molar refractivity (Wildman–Crippen MR) is 106 cm³/mol. The normalized spacial score (nSPS) is 25.0. The third-order valence-corrected chi connectivity index (χ3v) is 6.31. The van der Waals surface area contributed by atoms with Gasteiger partial charge in [-0.1, -0.05) is 0 Å². The molecule has 1 amide bonds. The van der Waals surface area contributed by atoms with Crippen molar-refractivity contribution in [3.8, 4) is 0 Å². The molecule has 0 aliphatic carbocycles. The first-order chi connectivity index (χ1) is 14.8. The van der Waals surface area contributed by atoms with Gasteiger partial charge in [0.2, 0.25) is 0 Å². The van der Waals surface area contributed by atoms with Crippen molar-refractivity contribution in [2.45, 2.75) is 30.1 Å². The maximum absolute atomic E-state index is 15.0. The van der Waals surface area contributed by atoms with Crippen LogP contribution in [0.3, 0.4) is 0 Å². The van der Waals surface area contributed by atoms with Crippen molar-refractivity contribution < 1.29 is 27.0 Å². The van der Waals surface area contributed by atoms with Gasteiger partial charge in [0.15, 0.2) is 0 Å². The van der Waals surface area contributed by atoms with Crippen LogP contribution < -0.4 is 4.90 Å². The number of carbonyl (C=O) groups is 1. The van der Waals surface area contributed by atoms with Gasteiger partial charge in [-0.05, 0) is 24.1 Å². The van der Waals surface area contributed by atoms with E-state index in [0.717, 1.165) is 23.3 Å². The fourth-order valence-corrected chi connectivity index (χ4v) is 4.44. The summed E-state index contributed by atoms with van der Waals surface area (Å²) in [7, 11) is -1.30. The average molecular weight is 454 g/mol. The molecule has 1 aromatic heterocycles. The molecule has 0 bridgehead atoms. The van der Waals surface area contributed by atoms with Gasteiger partial charge >= 0.3 is 0 Å². The van der Waals surface area contributed by atoms with E-state index in [4.69, 9.17) is 4.84 Å². The monoisotopic (exact) mass is 454 g/mol. The Bertz CT molecular complexity index is 991. The van der Waals surface area contributed by atoms with Crippen molar-refractivity contribution in [2.24, 2.45) is 5.92 Å². The summed E-state index contributed by atoms with van der Waals surface area (Å²) < 4.78 is 53.9. The number of hydroxylamine groups is 2. The first-order valence-corrected chi connectivity index (χ1v) is 11.4. The van der Waals surface area contributed by atoms with Crippen molar-refractivity contribution in [3.05, 3.63) is 47.8 Å². The number of alkyl halides is 1. The topological polar surface area (TPSA) is 75.6 Å². The molecule has 1 unspecified atom stereocenters. The summed E-state index contributed by atoms with van der Waals surface area (Å²) in [4.78, 5) is 28.2. The van der Waals surface area contributed by atoms with Crippen molar-refractivity contribution in [2.75, 3.05) is 30.9 Å². The lowest BCUT2D eigenvalue weighted by Gasteiger charge is -2.36. The molecule has 4 rings (SSSR count). The quantitative estimate of drug-likeness (QED) is 0.661. The van der Waals surface area contributed by atoms with E-state index in [1.165, 1.54) is 12.6 Å². The van der Waals surface area contributed by atoms with Gasteiger partial charge in [0, 0.05) is 31.4 Å². The molecule has 2 aliphatic heterocycles. The number of anilines is 1. The second-order valence-corrected chi connectivity index (χ2v) is 8.86. The minimum absolute atomic E-state index is 0.0731. The largest absolute Gasteiger partial charge is 0.354 e. The zero-order chi connectivity index (χ0) is 22.1. The third kappa shape index (κ3) is 4.57. The molecule has 31 heavy (non-hydrogen) atoms. The first kappa shape index (κ1) is 21.7. The number of hydrogen-bond donors (Lipinski definition) is 0. The molecule has 2 aromatic rings.